The molecule has 1 aromatic carbocycles. The van der Waals surface area contributed by atoms with Gasteiger partial charge in [0.15, 0.2) is 5.69 Å². The fraction of sp³-hybridized carbons (Fsp3) is 0.353. The van der Waals surface area contributed by atoms with Gasteiger partial charge in [0.25, 0.3) is 5.91 Å². The van der Waals surface area contributed by atoms with Gasteiger partial charge in [-0.2, -0.15) is 0 Å². The van der Waals surface area contributed by atoms with Crippen LogP contribution in [-0.2, 0) is 0 Å². The number of nitrogens with zero attached hydrogens (tertiary/aromatic N) is 2. The zero-order chi connectivity index (χ0) is 16.1. The van der Waals surface area contributed by atoms with E-state index in [1.807, 2.05) is 30.3 Å². The van der Waals surface area contributed by atoms with Gasteiger partial charge >= 0.3 is 0 Å². The molecule has 0 saturated heterocycles. The van der Waals surface area contributed by atoms with Gasteiger partial charge in [-0.1, -0.05) is 31.0 Å². The average molecular weight is 312 g/mol. The van der Waals surface area contributed by atoms with E-state index in [0.717, 1.165) is 25.7 Å². The summed E-state index contributed by atoms with van der Waals surface area (Å²) in [6.07, 6.45) is 3.53. The number of amides is 1. The molecular weight excluding hydrogens is 292 g/mol. The predicted molar refractivity (Wildman–Crippen MR) is 88.3 cm³/mol. The Kier molecular flexibility index (Phi) is 4.83. The zero-order valence-electron chi connectivity index (χ0n) is 12.8. The summed E-state index contributed by atoms with van der Waals surface area (Å²) in [5.41, 5.74) is 0.968. The number of rotatable bonds is 4. The molecule has 1 aromatic heterocycles. The highest BCUT2D eigenvalue weighted by Crippen LogP contribution is 2.21. The molecule has 0 radical (unpaired) electrons. The van der Waals surface area contributed by atoms with Gasteiger partial charge in [-0.15, -0.1) is 10.2 Å². The lowest BCUT2D eigenvalue weighted by Gasteiger charge is -2.28. The first-order valence-corrected chi connectivity index (χ1v) is 7.87. The first-order chi connectivity index (χ1) is 11.2. The van der Waals surface area contributed by atoms with Crippen LogP contribution in [-0.4, -0.2) is 33.4 Å². The smallest absolute Gasteiger partial charge is 0.276 e. The van der Waals surface area contributed by atoms with E-state index in [0.29, 0.717) is 11.5 Å². The Morgan fingerprint density at radius 3 is 2.52 bits per heavy atom. The molecule has 1 heterocycles. The van der Waals surface area contributed by atoms with Gasteiger partial charge in [-0.05, 0) is 37.1 Å². The van der Waals surface area contributed by atoms with Crippen molar-refractivity contribution in [1.82, 2.24) is 10.2 Å². The third-order valence-electron chi connectivity index (χ3n) is 3.99. The summed E-state index contributed by atoms with van der Waals surface area (Å²) in [7, 11) is 0. The van der Waals surface area contributed by atoms with Crippen LogP contribution in [0.25, 0.3) is 0 Å². The quantitative estimate of drug-likeness (QED) is 0.807. The van der Waals surface area contributed by atoms with Crippen molar-refractivity contribution in [2.75, 3.05) is 10.6 Å². The van der Waals surface area contributed by atoms with E-state index < -0.39 is 0 Å². The topological polar surface area (TPSA) is 87.1 Å². The molecule has 1 amide bonds. The molecule has 3 N–H and O–H groups in total. The van der Waals surface area contributed by atoms with Crippen LogP contribution in [0.4, 0.5) is 11.5 Å². The van der Waals surface area contributed by atoms with Crippen LogP contribution in [0.1, 0.15) is 36.2 Å². The third kappa shape index (κ3) is 4.04. The van der Waals surface area contributed by atoms with Gasteiger partial charge in [0.05, 0.1) is 12.1 Å². The van der Waals surface area contributed by atoms with Crippen LogP contribution in [0.3, 0.4) is 0 Å². The van der Waals surface area contributed by atoms with E-state index in [4.69, 9.17) is 0 Å². The molecule has 2 atom stereocenters. The minimum Gasteiger partial charge on any atom is -0.391 e. The largest absolute Gasteiger partial charge is 0.391 e. The van der Waals surface area contributed by atoms with E-state index >= 15 is 0 Å². The Morgan fingerprint density at radius 1 is 1.04 bits per heavy atom. The second-order valence-electron chi connectivity index (χ2n) is 5.73. The zero-order valence-corrected chi connectivity index (χ0v) is 12.8. The van der Waals surface area contributed by atoms with Crippen molar-refractivity contribution in [3.8, 4) is 0 Å². The molecule has 0 bridgehead atoms. The van der Waals surface area contributed by atoms with Crippen molar-refractivity contribution in [3.63, 3.8) is 0 Å². The van der Waals surface area contributed by atoms with E-state index in [-0.39, 0.29) is 23.7 Å². The summed E-state index contributed by atoms with van der Waals surface area (Å²) in [6, 6.07) is 12.6. The molecule has 23 heavy (non-hydrogen) atoms. The van der Waals surface area contributed by atoms with Crippen LogP contribution >= 0.6 is 0 Å². The number of nitrogens with one attached hydrogen (secondary N) is 2. The monoisotopic (exact) mass is 312 g/mol. The van der Waals surface area contributed by atoms with Crippen LogP contribution in [0.15, 0.2) is 42.5 Å². The summed E-state index contributed by atoms with van der Waals surface area (Å²) in [5, 5.41) is 23.9. The lowest BCUT2D eigenvalue weighted by Crippen LogP contribution is -2.36. The fourth-order valence-electron chi connectivity index (χ4n) is 2.72. The summed E-state index contributed by atoms with van der Waals surface area (Å²) in [5.74, 6) is 0.278. The molecular formula is C17H20N4O2. The molecule has 2 aromatic rings. The first-order valence-electron chi connectivity index (χ1n) is 7.87. The standard InChI is InChI=1S/C17H20N4O2/c22-15-9-5-4-8-13(15)19-16-11-10-14(20-21-16)17(23)18-12-6-2-1-3-7-12/h1-3,6-7,10-11,13,15,22H,4-5,8-9H2,(H,18,23)(H,19,21). The minimum absolute atomic E-state index is 0.00189. The van der Waals surface area contributed by atoms with Gasteiger partial charge in [0, 0.05) is 5.69 Å². The molecule has 2 unspecified atom stereocenters. The number of carbonyl (C=O) groups excluding carboxylic acids is 1. The maximum atomic E-state index is 12.1. The highest BCUT2D eigenvalue weighted by Gasteiger charge is 2.23. The van der Waals surface area contributed by atoms with E-state index in [2.05, 4.69) is 20.8 Å². The van der Waals surface area contributed by atoms with Crippen LogP contribution in [0, 0.1) is 0 Å². The number of carbonyl (C=O) groups is 1. The second-order valence-corrected chi connectivity index (χ2v) is 5.73. The number of benzene rings is 1. The Hall–Kier alpha value is -2.47. The SMILES string of the molecule is O=C(Nc1ccccc1)c1ccc(NC2CCCCC2O)nn1. The van der Waals surface area contributed by atoms with Gasteiger partial charge < -0.3 is 15.7 Å². The molecule has 3 rings (SSSR count). The Labute approximate surface area is 135 Å². The fourth-order valence-corrected chi connectivity index (χ4v) is 2.72. The van der Waals surface area contributed by atoms with Gasteiger partial charge in [0.2, 0.25) is 0 Å². The van der Waals surface area contributed by atoms with E-state index in [9.17, 15) is 9.90 Å². The van der Waals surface area contributed by atoms with Crippen molar-refractivity contribution in [3.05, 3.63) is 48.2 Å². The molecule has 1 aliphatic carbocycles. The van der Waals surface area contributed by atoms with Crippen LogP contribution in [0.2, 0.25) is 0 Å². The summed E-state index contributed by atoms with van der Waals surface area (Å²) >= 11 is 0. The highest BCUT2D eigenvalue weighted by atomic mass is 16.3. The summed E-state index contributed by atoms with van der Waals surface area (Å²) < 4.78 is 0. The summed E-state index contributed by atoms with van der Waals surface area (Å²) in [6.45, 7) is 0. The lowest BCUT2D eigenvalue weighted by molar-refractivity contribution is 0.102. The van der Waals surface area contributed by atoms with Gasteiger partial charge in [0.1, 0.15) is 5.82 Å². The molecule has 1 aliphatic rings. The number of aromatic nitrogens is 2. The molecule has 0 aliphatic heterocycles. The Bertz CT molecular complexity index is 645. The van der Waals surface area contributed by atoms with Crippen molar-refractivity contribution >= 4 is 17.4 Å². The van der Waals surface area contributed by atoms with Crippen molar-refractivity contribution < 1.29 is 9.90 Å². The predicted octanol–water partition coefficient (Wildman–Crippen LogP) is 2.44. The maximum absolute atomic E-state index is 12.1. The number of aliphatic hydroxyl groups excluding tert-OH is 1. The van der Waals surface area contributed by atoms with Crippen LogP contribution < -0.4 is 10.6 Å². The summed E-state index contributed by atoms with van der Waals surface area (Å²) in [4.78, 5) is 12.1. The first kappa shape index (κ1) is 15.4. The van der Waals surface area contributed by atoms with E-state index in [1.54, 1.807) is 12.1 Å². The van der Waals surface area contributed by atoms with Gasteiger partial charge in [-0.25, -0.2) is 0 Å². The maximum Gasteiger partial charge on any atom is 0.276 e. The van der Waals surface area contributed by atoms with Crippen molar-refractivity contribution in [1.29, 1.82) is 0 Å². The molecule has 6 heteroatoms. The third-order valence-corrected chi connectivity index (χ3v) is 3.99. The van der Waals surface area contributed by atoms with Gasteiger partial charge in [-0.3, -0.25) is 4.79 Å². The van der Waals surface area contributed by atoms with E-state index in [1.165, 1.54) is 0 Å². The number of para-hydroxylation sites is 1. The normalized spacial score (nSPS) is 20.7. The number of hydrogen-bond acceptors (Lipinski definition) is 5. The molecule has 1 fully saturated rings. The number of anilines is 2. The molecule has 6 nitrogen and oxygen atoms in total. The second kappa shape index (κ2) is 7.19. The highest BCUT2D eigenvalue weighted by molar-refractivity contribution is 6.02. The van der Waals surface area contributed by atoms with Crippen molar-refractivity contribution in [2.24, 2.45) is 0 Å². The van der Waals surface area contributed by atoms with Crippen molar-refractivity contribution in [2.45, 2.75) is 37.8 Å². The lowest BCUT2D eigenvalue weighted by atomic mass is 9.93. The van der Waals surface area contributed by atoms with Crippen LogP contribution in [0.5, 0.6) is 0 Å². The molecule has 0 spiro atoms. The molecule has 1 saturated carbocycles. The Balaban J connectivity index is 1.61. The Morgan fingerprint density at radius 2 is 1.83 bits per heavy atom. The minimum atomic E-state index is -0.355. The number of aliphatic hydroxyl groups is 1. The molecule has 120 valence electrons. The average Bonchev–Trinajstić information content (AvgIpc) is 2.58. The number of hydrogen-bond donors (Lipinski definition) is 3.